The number of sulfonamides is 2. The Balaban J connectivity index is 1.71. The molecule has 34 heavy (non-hydrogen) atoms. The van der Waals surface area contributed by atoms with Crippen LogP contribution >= 0.6 is 45.2 Å². The third kappa shape index (κ3) is 7.62. The molecule has 3 aromatic carbocycles. The van der Waals surface area contributed by atoms with Gasteiger partial charge in [0.25, 0.3) is 0 Å². The second-order valence-electron chi connectivity index (χ2n) is 7.36. The third-order valence-electron chi connectivity index (χ3n) is 4.97. The summed E-state index contributed by atoms with van der Waals surface area (Å²) in [5.41, 5.74) is 1.99. The minimum Gasteiger partial charge on any atom is -0.495 e. The maximum atomic E-state index is 13.0. The predicted molar refractivity (Wildman–Crippen MR) is 149 cm³/mol. The van der Waals surface area contributed by atoms with Crippen molar-refractivity contribution in [3.05, 3.63) is 85.0 Å². The third-order valence-corrected chi connectivity index (χ3v) is 9.35. The first-order valence-electron chi connectivity index (χ1n) is 10.3. The van der Waals surface area contributed by atoms with E-state index in [1.165, 1.54) is 19.2 Å². The van der Waals surface area contributed by atoms with Crippen LogP contribution in [0.5, 0.6) is 5.75 Å². The van der Waals surface area contributed by atoms with Crippen molar-refractivity contribution in [3.8, 4) is 5.75 Å². The molecular formula is C23H24I2N2O5S2. The van der Waals surface area contributed by atoms with E-state index in [1.54, 1.807) is 0 Å². The molecule has 0 saturated carbocycles. The number of benzene rings is 3. The zero-order valence-electron chi connectivity index (χ0n) is 18.3. The van der Waals surface area contributed by atoms with Crippen LogP contribution in [0, 0.1) is 7.14 Å². The van der Waals surface area contributed by atoms with E-state index < -0.39 is 20.0 Å². The Bertz CT molecular complexity index is 1330. The van der Waals surface area contributed by atoms with Crippen LogP contribution in [0.15, 0.2) is 76.5 Å². The second kappa shape index (κ2) is 12.1. The fourth-order valence-corrected chi connectivity index (χ4v) is 6.23. The van der Waals surface area contributed by atoms with Gasteiger partial charge in [0.1, 0.15) is 10.6 Å². The normalized spacial score (nSPS) is 12.0. The Morgan fingerprint density at radius 3 is 1.65 bits per heavy atom. The topological polar surface area (TPSA) is 102 Å². The first-order valence-corrected chi connectivity index (χ1v) is 15.4. The maximum absolute atomic E-state index is 13.0. The van der Waals surface area contributed by atoms with Gasteiger partial charge in [0.2, 0.25) is 20.0 Å². The first kappa shape index (κ1) is 27.3. The monoisotopic (exact) mass is 726 g/mol. The van der Waals surface area contributed by atoms with Crippen molar-refractivity contribution in [2.45, 2.75) is 22.6 Å². The molecule has 0 saturated heterocycles. The largest absolute Gasteiger partial charge is 0.495 e. The Hall–Kier alpha value is -1.26. The lowest BCUT2D eigenvalue weighted by atomic mass is 10.2. The molecule has 3 rings (SSSR count). The van der Waals surface area contributed by atoms with Crippen LogP contribution in [0.1, 0.15) is 11.1 Å². The summed E-state index contributed by atoms with van der Waals surface area (Å²) in [5, 5.41) is 0. The molecule has 0 radical (unpaired) electrons. The van der Waals surface area contributed by atoms with Gasteiger partial charge in [-0.25, -0.2) is 26.3 Å². The van der Waals surface area contributed by atoms with Crippen molar-refractivity contribution in [2.75, 3.05) is 20.2 Å². The molecule has 0 amide bonds. The van der Waals surface area contributed by atoms with Gasteiger partial charge in [0, 0.05) is 20.2 Å². The summed E-state index contributed by atoms with van der Waals surface area (Å²) >= 11 is 4.41. The number of nitrogens with one attached hydrogen (secondary N) is 2. The summed E-state index contributed by atoms with van der Waals surface area (Å²) in [5.74, 6) is 0.0691. The Morgan fingerprint density at radius 1 is 0.706 bits per heavy atom. The molecule has 0 heterocycles. The van der Waals surface area contributed by atoms with Gasteiger partial charge in [-0.05, 0) is 112 Å². The smallest absolute Gasteiger partial charge is 0.244 e. The van der Waals surface area contributed by atoms with E-state index in [0.29, 0.717) is 12.8 Å². The number of rotatable bonds is 11. The number of ether oxygens (including phenoxy) is 1. The zero-order valence-corrected chi connectivity index (χ0v) is 24.2. The molecule has 0 fully saturated rings. The number of halogens is 2. The van der Waals surface area contributed by atoms with Crippen LogP contribution in [-0.4, -0.2) is 37.0 Å². The Kier molecular flexibility index (Phi) is 9.74. The van der Waals surface area contributed by atoms with Crippen molar-refractivity contribution in [2.24, 2.45) is 0 Å². The van der Waals surface area contributed by atoms with Crippen molar-refractivity contribution >= 4 is 65.2 Å². The van der Waals surface area contributed by atoms with E-state index in [9.17, 15) is 16.8 Å². The number of hydrogen-bond donors (Lipinski definition) is 2. The van der Waals surface area contributed by atoms with Crippen LogP contribution in [0.2, 0.25) is 0 Å². The van der Waals surface area contributed by atoms with Gasteiger partial charge in [-0.2, -0.15) is 0 Å². The molecule has 0 atom stereocenters. The van der Waals surface area contributed by atoms with Crippen LogP contribution in [0.3, 0.4) is 0 Å². The Morgan fingerprint density at radius 2 is 1.18 bits per heavy atom. The van der Waals surface area contributed by atoms with Gasteiger partial charge in [-0.3, -0.25) is 0 Å². The van der Waals surface area contributed by atoms with E-state index in [2.05, 4.69) is 54.6 Å². The van der Waals surface area contributed by atoms with E-state index in [0.717, 1.165) is 24.3 Å². The summed E-state index contributed by atoms with van der Waals surface area (Å²) in [4.78, 5) is -0.368. The van der Waals surface area contributed by atoms with Crippen molar-refractivity contribution in [3.63, 3.8) is 0 Å². The highest BCUT2D eigenvalue weighted by molar-refractivity contribution is 14.1. The summed E-state index contributed by atoms with van der Waals surface area (Å²) in [6.45, 7) is 0.350. The first-order chi connectivity index (χ1) is 16.1. The van der Waals surface area contributed by atoms with Crippen molar-refractivity contribution in [1.82, 2.24) is 9.44 Å². The minimum absolute atomic E-state index is 0.0691. The average Bonchev–Trinajstić information content (AvgIpc) is 2.81. The molecule has 0 aliphatic carbocycles. The molecule has 0 unspecified atom stereocenters. The highest BCUT2D eigenvalue weighted by Gasteiger charge is 2.23. The van der Waals surface area contributed by atoms with E-state index in [4.69, 9.17) is 4.74 Å². The molecule has 3 aromatic rings. The average molecular weight is 726 g/mol. The van der Waals surface area contributed by atoms with Gasteiger partial charge in [-0.1, -0.05) is 24.3 Å². The molecule has 0 bridgehead atoms. The molecule has 0 aromatic heterocycles. The molecule has 11 heteroatoms. The van der Waals surface area contributed by atoms with Gasteiger partial charge in [0.05, 0.1) is 12.0 Å². The molecular weight excluding hydrogens is 702 g/mol. The van der Waals surface area contributed by atoms with Gasteiger partial charge < -0.3 is 4.74 Å². The molecule has 0 spiro atoms. The standard InChI is InChI=1S/C23H24I2N2O5S2/c1-32-22-11-10-21(33(28,29)26-14-12-17-2-6-19(24)7-3-17)16-23(22)34(30,31)27-15-13-18-4-8-20(25)9-5-18/h2-11,16,26-27H,12-15H2,1H3. The van der Waals surface area contributed by atoms with Crippen LogP contribution < -0.4 is 14.2 Å². The van der Waals surface area contributed by atoms with Gasteiger partial charge in [-0.15, -0.1) is 0 Å². The molecule has 2 N–H and O–H groups in total. The SMILES string of the molecule is COc1ccc(S(=O)(=O)NCCc2ccc(I)cc2)cc1S(=O)(=O)NCCc1ccc(I)cc1. The fraction of sp³-hybridized carbons (Fsp3) is 0.217. The lowest BCUT2D eigenvalue weighted by Crippen LogP contribution is -2.28. The second-order valence-corrected chi connectivity index (χ2v) is 13.4. The lowest BCUT2D eigenvalue weighted by Gasteiger charge is -2.13. The summed E-state index contributed by atoms with van der Waals surface area (Å²) in [6, 6.07) is 19.4. The van der Waals surface area contributed by atoms with E-state index in [1.807, 2.05) is 48.5 Å². The predicted octanol–water partition coefficient (Wildman–Crippen LogP) is 3.95. The summed E-state index contributed by atoms with van der Waals surface area (Å²) in [6.07, 6.45) is 1.01. The van der Waals surface area contributed by atoms with Gasteiger partial charge >= 0.3 is 0 Å². The van der Waals surface area contributed by atoms with Crippen molar-refractivity contribution in [1.29, 1.82) is 0 Å². The summed E-state index contributed by atoms with van der Waals surface area (Å²) < 4.78 is 64.0. The van der Waals surface area contributed by atoms with Crippen LogP contribution in [0.4, 0.5) is 0 Å². The van der Waals surface area contributed by atoms with E-state index in [-0.39, 0.29) is 28.6 Å². The fourth-order valence-electron chi connectivity index (χ4n) is 3.16. The van der Waals surface area contributed by atoms with Gasteiger partial charge in [0.15, 0.2) is 0 Å². The molecule has 0 aliphatic heterocycles. The van der Waals surface area contributed by atoms with E-state index >= 15 is 0 Å². The molecule has 0 aliphatic rings. The highest BCUT2D eigenvalue weighted by atomic mass is 127. The quantitative estimate of drug-likeness (QED) is 0.292. The highest BCUT2D eigenvalue weighted by Crippen LogP contribution is 2.27. The van der Waals surface area contributed by atoms with Crippen LogP contribution in [-0.2, 0) is 32.9 Å². The summed E-state index contributed by atoms with van der Waals surface area (Å²) in [7, 11) is -6.57. The molecule has 182 valence electrons. The minimum atomic E-state index is -4.00. The molecule has 7 nitrogen and oxygen atoms in total. The zero-order chi connectivity index (χ0) is 24.8. The van der Waals surface area contributed by atoms with Crippen molar-refractivity contribution < 1.29 is 21.6 Å². The number of hydrogen-bond acceptors (Lipinski definition) is 5. The Labute approximate surface area is 228 Å². The number of methoxy groups -OCH3 is 1. The lowest BCUT2D eigenvalue weighted by molar-refractivity contribution is 0.401. The maximum Gasteiger partial charge on any atom is 0.244 e. The van der Waals surface area contributed by atoms with Crippen LogP contribution in [0.25, 0.3) is 0 Å².